The van der Waals surface area contributed by atoms with E-state index in [9.17, 15) is 0 Å². The molecule has 1 aliphatic rings. The van der Waals surface area contributed by atoms with E-state index in [2.05, 4.69) is 36.3 Å². The number of nitrogens with zero attached hydrogens (tertiary/aromatic N) is 4. The molecule has 0 fully saturated rings. The van der Waals surface area contributed by atoms with Gasteiger partial charge in [0, 0.05) is 6.54 Å². The van der Waals surface area contributed by atoms with Crippen LogP contribution in [-0.4, -0.2) is 26.8 Å². The number of hydrogen-bond acceptors (Lipinski definition) is 7. The average Bonchev–Trinajstić information content (AvgIpc) is 2.98. The molecule has 7 nitrogen and oxygen atoms in total. The lowest BCUT2D eigenvalue weighted by Gasteiger charge is -2.05. The number of fused-ring (bicyclic) bond motifs is 1. The predicted molar refractivity (Wildman–Crippen MR) is 57.6 cm³/mol. The number of allylic oxidation sites excluding steroid dienone is 1. The number of hydrogen-bond donors (Lipinski definition) is 2. The highest BCUT2D eigenvalue weighted by molar-refractivity contribution is 5.71. The molecule has 0 amide bonds. The van der Waals surface area contributed by atoms with E-state index in [-0.39, 0.29) is 0 Å². The van der Waals surface area contributed by atoms with E-state index in [0.29, 0.717) is 22.9 Å². The van der Waals surface area contributed by atoms with Gasteiger partial charge < -0.3 is 11.1 Å². The quantitative estimate of drug-likeness (QED) is 0.729. The Morgan fingerprint density at radius 1 is 1.31 bits per heavy atom. The van der Waals surface area contributed by atoms with Crippen LogP contribution in [0, 0.1) is 0 Å². The number of nitrogen functional groups attached to an aromatic ring is 1. The lowest BCUT2D eigenvalue weighted by molar-refractivity contribution is 0.314. The van der Waals surface area contributed by atoms with Gasteiger partial charge in [0.25, 0.3) is 0 Å². The third-order valence-corrected chi connectivity index (χ3v) is 2.37. The monoisotopic (exact) mass is 218 g/mol. The molecule has 0 aromatic carbocycles. The van der Waals surface area contributed by atoms with Crippen LogP contribution < -0.4 is 11.1 Å². The van der Waals surface area contributed by atoms with E-state index < -0.39 is 0 Å². The second-order valence-corrected chi connectivity index (χ2v) is 3.61. The predicted octanol–water partition coefficient (Wildman–Crippen LogP) is 0.727. The van der Waals surface area contributed by atoms with Crippen LogP contribution in [0.15, 0.2) is 16.3 Å². The van der Waals surface area contributed by atoms with Crippen molar-refractivity contribution in [2.45, 2.75) is 12.8 Å². The Balaban J connectivity index is 1.78. The highest BCUT2D eigenvalue weighted by Crippen LogP contribution is 2.22. The average molecular weight is 218 g/mol. The van der Waals surface area contributed by atoms with Crippen LogP contribution in [0.25, 0.3) is 11.3 Å². The van der Waals surface area contributed by atoms with Crippen LogP contribution in [0.2, 0.25) is 0 Å². The molecule has 16 heavy (non-hydrogen) atoms. The van der Waals surface area contributed by atoms with E-state index in [0.717, 1.165) is 19.4 Å². The molecule has 0 spiro atoms. The molecule has 0 saturated carbocycles. The van der Waals surface area contributed by atoms with Gasteiger partial charge in [0.1, 0.15) is 0 Å². The van der Waals surface area contributed by atoms with Crippen molar-refractivity contribution in [2.24, 2.45) is 0 Å². The molecular weight excluding hydrogens is 208 g/mol. The van der Waals surface area contributed by atoms with Crippen molar-refractivity contribution < 1.29 is 4.63 Å². The molecule has 0 aliphatic heterocycles. The summed E-state index contributed by atoms with van der Waals surface area (Å²) in [6, 6.07) is 0. The third-order valence-electron chi connectivity index (χ3n) is 2.37. The van der Waals surface area contributed by atoms with E-state index in [1.165, 1.54) is 5.57 Å². The summed E-state index contributed by atoms with van der Waals surface area (Å²) in [5.41, 5.74) is 7.87. The second-order valence-electron chi connectivity index (χ2n) is 3.61. The third kappa shape index (κ3) is 1.67. The van der Waals surface area contributed by atoms with Crippen molar-refractivity contribution in [2.75, 3.05) is 17.6 Å². The molecule has 2 heterocycles. The maximum atomic E-state index is 5.72. The lowest BCUT2D eigenvalue weighted by atomic mass is 10.3. The van der Waals surface area contributed by atoms with Crippen LogP contribution in [-0.2, 0) is 0 Å². The summed E-state index contributed by atoms with van der Waals surface area (Å²) in [7, 11) is 0. The fourth-order valence-electron chi connectivity index (χ4n) is 1.40. The van der Waals surface area contributed by atoms with E-state index in [1.807, 2.05) is 0 Å². The highest BCUT2D eigenvalue weighted by atomic mass is 16.6. The molecule has 2 aromatic heterocycles. The smallest absolute Gasteiger partial charge is 0.245 e. The van der Waals surface area contributed by atoms with E-state index >= 15 is 0 Å². The minimum absolute atomic E-state index is 0.313. The number of nitrogens with two attached hydrogens (primary N) is 1. The molecule has 0 atom stereocenters. The van der Waals surface area contributed by atoms with E-state index in [1.54, 1.807) is 0 Å². The van der Waals surface area contributed by atoms with Crippen LogP contribution in [0.5, 0.6) is 0 Å². The number of aromatic nitrogens is 4. The molecule has 82 valence electrons. The Morgan fingerprint density at radius 3 is 2.81 bits per heavy atom. The summed E-state index contributed by atoms with van der Waals surface area (Å²) in [5.74, 6) is 0.845. The first-order valence-electron chi connectivity index (χ1n) is 5.00. The minimum Gasteiger partial charge on any atom is -0.381 e. The van der Waals surface area contributed by atoms with Crippen LogP contribution in [0.4, 0.5) is 11.6 Å². The minimum atomic E-state index is 0.313. The van der Waals surface area contributed by atoms with Crippen LogP contribution >= 0.6 is 0 Å². The number of rotatable bonds is 4. The van der Waals surface area contributed by atoms with Crippen LogP contribution in [0.1, 0.15) is 12.8 Å². The van der Waals surface area contributed by atoms with Crippen LogP contribution in [0.3, 0.4) is 0 Å². The molecule has 2 aromatic rings. The number of nitrogens with one attached hydrogen (secondary N) is 1. The first kappa shape index (κ1) is 9.08. The van der Waals surface area contributed by atoms with Crippen molar-refractivity contribution in [3.8, 4) is 0 Å². The summed E-state index contributed by atoms with van der Waals surface area (Å²) < 4.78 is 4.51. The van der Waals surface area contributed by atoms with Crippen molar-refractivity contribution in [3.63, 3.8) is 0 Å². The highest BCUT2D eigenvalue weighted by Gasteiger charge is 2.11. The Labute approximate surface area is 90.7 Å². The molecule has 0 radical (unpaired) electrons. The van der Waals surface area contributed by atoms with Gasteiger partial charge in [0.05, 0.1) is 0 Å². The maximum Gasteiger partial charge on any atom is 0.245 e. The molecule has 3 N–H and O–H groups in total. The van der Waals surface area contributed by atoms with Gasteiger partial charge in [-0.2, -0.15) is 0 Å². The molecule has 7 heteroatoms. The van der Waals surface area contributed by atoms with Gasteiger partial charge in [-0.25, -0.2) is 14.6 Å². The fraction of sp³-hybridized carbons (Fsp3) is 0.333. The molecule has 3 rings (SSSR count). The number of anilines is 2. The topological polar surface area (TPSA) is 103 Å². The fourth-order valence-corrected chi connectivity index (χ4v) is 1.40. The first-order valence-corrected chi connectivity index (χ1v) is 5.00. The molecule has 1 aliphatic carbocycles. The Morgan fingerprint density at radius 2 is 2.06 bits per heavy atom. The summed E-state index contributed by atoms with van der Waals surface area (Å²) in [6.07, 6.45) is 4.34. The van der Waals surface area contributed by atoms with Crippen molar-refractivity contribution >= 4 is 22.9 Å². The summed E-state index contributed by atoms with van der Waals surface area (Å²) in [5, 5.41) is 10.3. The second kappa shape index (κ2) is 3.44. The Bertz CT molecular complexity index is 560. The normalized spacial score (nSPS) is 13.9. The molecule has 0 unspecified atom stereocenters. The Kier molecular flexibility index (Phi) is 1.95. The zero-order chi connectivity index (χ0) is 11.0. The largest absolute Gasteiger partial charge is 0.381 e. The maximum absolute atomic E-state index is 5.72. The SMILES string of the molecule is Nc1nc2nonc2nc1NCCC1=CC1. The Hall–Kier alpha value is -2.18. The van der Waals surface area contributed by atoms with Gasteiger partial charge in [-0.15, -0.1) is 0 Å². The zero-order valence-electron chi connectivity index (χ0n) is 8.47. The first-order chi connectivity index (χ1) is 7.83. The zero-order valence-corrected chi connectivity index (χ0v) is 8.47. The van der Waals surface area contributed by atoms with Gasteiger partial charge in [0.15, 0.2) is 11.6 Å². The van der Waals surface area contributed by atoms with E-state index in [4.69, 9.17) is 5.73 Å². The van der Waals surface area contributed by atoms with Gasteiger partial charge in [-0.3, -0.25) is 0 Å². The molecule has 0 saturated heterocycles. The van der Waals surface area contributed by atoms with Gasteiger partial charge in [-0.05, 0) is 23.2 Å². The van der Waals surface area contributed by atoms with Gasteiger partial charge in [-0.1, -0.05) is 11.6 Å². The van der Waals surface area contributed by atoms with Crippen molar-refractivity contribution in [1.29, 1.82) is 0 Å². The standard InChI is InChI=1S/C9H10N6O/c10-6-7(11-4-3-5-1-2-5)13-9-8(12-6)14-16-15-9/h1H,2-4H2,(H2,10,12,14)(H,11,13,15). The molecule has 0 bridgehead atoms. The van der Waals surface area contributed by atoms with Gasteiger partial charge >= 0.3 is 0 Å². The summed E-state index contributed by atoms with van der Waals surface area (Å²) in [6.45, 7) is 0.793. The van der Waals surface area contributed by atoms with Crippen molar-refractivity contribution in [1.82, 2.24) is 20.3 Å². The summed E-state index contributed by atoms with van der Waals surface area (Å²) in [4.78, 5) is 8.19. The van der Waals surface area contributed by atoms with Gasteiger partial charge in [0.2, 0.25) is 11.3 Å². The molecular formula is C9H10N6O. The lowest BCUT2D eigenvalue weighted by Crippen LogP contribution is -2.07. The summed E-state index contributed by atoms with van der Waals surface area (Å²) >= 11 is 0. The van der Waals surface area contributed by atoms with Crippen molar-refractivity contribution in [3.05, 3.63) is 11.6 Å².